The van der Waals surface area contributed by atoms with Gasteiger partial charge in [0.15, 0.2) is 23.0 Å². The molecule has 0 aliphatic carbocycles. The second-order valence-corrected chi connectivity index (χ2v) is 7.44. The monoisotopic (exact) mass is 510 g/mol. The van der Waals surface area contributed by atoms with Crippen molar-refractivity contribution in [2.75, 3.05) is 0 Å². The number of rotatable bonds is 0. The minimum Gasteiger partial charge on any atom is -0.448 e. The molecule has 0 spiro atoms. The lowest BCUT2D eigenvalue weighted by Gasteiger charge is -2.25. The Labute approximate surface area is 161 Å². The van der Waals surface area contributed by atoms with E-state index in [1.54, 1.807) is 0 Å². The zero-order chi connectivity index (χ0) is 15.5. The highest BCUT2D eigenvalue weighted by Gasteiger charge is 2.31. The molecule has 9 heteroatoms. The third-order valence-electron chi connectivity index (χ3n) is 2.68. The topological polar surface area (TPSA) is 18.5 Å². The summed E-state index contributed by atoms with van der Waals surface area (Å²) in [5, 5.41) is 1.03. The first-order chi connectivity index (χ1) is 9.82. The van der Waals surface area contributed by atoms with Gasteiger partial charge in [-0.25, -0.2) is 0 Å². The minimum absolute atomic E-state index is 0.135. The van der Waals surface area contributed by atoms with Gasteiger partial charge < -0.3 is 9.47 Å². The molecule has 21 heavy (non-hydrogen) atoms. The molecule has 3 rings (SSSR count). The zero-order valence-electron chi connectivity index (χ0n) is 9.54. The molecule has 0 aromatic heterocycles. The maximum atomic E-state index is 6.19. The van der Waals surface area contributed by atoms with Crippen molar-refractivity contribution in [2.45, 2.75) is 0 Å². The Morgan fingerprint density at radius 2 is 1.29 bits per heavy atom. The van der Waals surface area contributed by atoms with Gasteiger partial charge in [0.25, 0.3) is 0 Å². The van der Waals surface area contributed by atoms with E-state index in [9.17, 15) is 0 Å². The lowest BCUT2D eigenvalue weighted by molar-refractivity contribution is 0.358. The zero-order valence-corrected chi connectivity index (χ0v) is 16.5. The molecule has 0 saturated carbocycles. The van der Waals surface area contributed by atoms with E-state index in [0.29, 0.717) is 20.4 Å². The van der Waals surface area contributed by atoms with E-state index in [0.717, 1.165) is 0 Å². The molecule has 110 valence electrons. The molecule has 1 heterocycles. The number of fused-ring (bicyclic) bond motifs is 2. The van der Waals surface area contributed by atoms with Crippen molar-refractivity contribution in [2.24, 2.45) is 0 Å². The summed E-state index contributed by atoms with van der Waals surface area (Å²) < 4.78 is 12.6. The van der Waals surface area contributed by atoms with Crippen LogP contribution in [0.3, 0.4) is 0 Å². The van der Waals surface area contributed by atoms with Crippen molar-refractivity contribution < 1.29 is 9.47 Å². The van der Waals surface area contributed by atoms with Gasteiger partial charge in [-0.05, 0) is 31.9 Å². The molecular formula is C12HBr2Cl5O2. The second kappa shape index (κ2) is 5.82. The Morgan fingerprint density at radius 1 is 0.667 bits per heavy atom. The normalized spacial score (nSPS) is 12.3. The number of ether oxygens (including phenoxy) is 2. The van der Waals surface area contributed by atoms with Crippen LogP contribution < -0.4 is 9.47 Å². The Balaban J connectivity index is 2.27. The summed E-state index contributed by atoms with van der Waals surface area (Å²) in [4.78, 5) is 0. The van der Waals surface area contributed by atoms with Crippen molar-refractivity contribution >= 4 is 89.9 Å². The van der Waals surface area contributed by atoms with Crippen molar-refractivity contribution in [3.05, 3.63) is 40.1 Å². The second-order valence-electron chi connectivity index (χ2n) is 3.93. The molecule has 0 bridgehead atoms. The Kier molecular flexibility index (Phi) is 4.52. The Morgan fingerprint density at radius 3 is 1.95 bits per heavy atom. The van der Waals surface area contributed by atoms with E-state index >= 15 is 0 Å². The molecule has 0 N–H and O–H groups in total. The Bertz CT molecular complexity index is 794. The molecule has 2 aromatic carbocycles. The molecular weight excluding hydrogens is 513 g/mol. The first kappa shape index (κ1) is 16.3. The van der Waals surface area contributed by atoms with Gasteiger partial charge >= 0.3 is 0 Å². The van der Waals surface area contributed by atoms with Gasteiger partial charge in [0, 0.05) is 6.07 Å². The lowest BCUT2D eigenvalue weighted by Crippen LogP contribution is -2.02. The van der Waals surface area contributed by atoms with Crippen LogP contribution in [0.4, 0.5) is 0 Å². The average Bonchev–Trinajstić information content (AvgIpc) is 2.47. The fraction of sp³-hybridized carbons (Fsp3) is 0. The predicted molar refractivity (Wildman–Crippen MR) is 93.5 cm³/mol. The van der Waals surface area contributed by atoms with Crippen molar-refractivity contribution in [1.82, 2.24) is 0 Å². The van der Waals surface area contributed by atoms with Gasteiger partial charge in [-0.3, -0.25) is 0 Å². The molecule has 1 aliphatic heterocycles. The highest BCUT2D eigenvalue weighted by atomic mass is 79.9. The van der Waals surface area contributed by atoms with E-state index in [1.807, 2.05) is 0 Å². The van der Waals surface area contributed by atoms with Crippen LogP contribution in [-0.2, 0) is 0 Å². The summed E-state index contributed by atoms with van der Waals surface area (Å²) in [6.45, 7) is 0. The lowest BCUT2D eigenvalue weighted by atomic mass is 10.2. The molecule has 0 atom stereocenters. The summed E-state index contributed by atoms with van der Waals surface area (Å²) in [5.41, 5.74) is 0. The fourth-order valence-corrected chi connectivity index (χ4v) is 3.79. The summed E-state index contributed by atoms with van der Waals surface area (Å²) in [6.07, 6.45) is 0. The summed E-state index contributed by atoms with van der Waals surface area (Å²) >= 11 is 37.1. The van der Waals surface area contributed by atoms with Gasteiger partial charge in [0.05, 0.1) is 24.0 Å². The molecule has 0 unspecified atom stereocenters. The molecule has 1 aliphatic rings. The predicted octanol–water partition coefficient (Wildman–Crippen LogP) is 8.38. The number of hydrogen-bond acceptors (Lipinski definition) is 2. The van der Waals surface area contributed by atoms with E-state index in [1.165, 1.54) is 6.07 Å². The standard InChI is InChI=1S/C12HBr2Cl5O2/c13-4-5(14)11-12(9(19)7(4)17)21-10-3(20-11)1-2(15)6(16)8(10)18/h1H. The van der Waals surface area contributed by atoms with Crippen LogP contribution in [0.1, 0.15) is 0 Å². The van der Waals surface area contributed by atoms with Crippen LogP contribution in [0.5, 0.6) is 23.0 Å². The van der Waals surface area contributed by atoms with E-state index < -0.39 is 0 Å². The quantitative estimate of drug-likeness (QED) is 0.222. The minimum atomic E-state index is 0.135. The SMILES string of the molecule is Clc1cc2c(c(Cl)c1Cl)Oc1c(Cl)c(Cl)c(Br)c(Br)c1O2. The van der Waals surface area contributed by atoms with Crippen LogP contribution in [-0.4, -0.2) is 0 Å². The first-order valence-electron chi connectivity index (χ1n) is 5.22. The van der Waals surface area contributed by atoms with Gasteiger partial charge in [-0.1, -0.05) is 58.0 Å². The van der Waals surface area contributed by atoms with Gasteiger partial charge in [-0.2, -0.15) is 0 Å². The highest BCUT2D eigenvalue weighted by Crippen LogP contribution is 2.59. The smallest absolute Gasteiger partial charge is 0.191 e. The first-order valence-corrected chi connectivity index (χ1v) is 8.69. The van der Waals surface area contributed by atoms with Gasteiger partial charge in [-0.15, -0.1) is 0 Å². The summed E-state index contributed by atoms with van der Waals surface area (Å²) in [7, 11) is 0. The largest absolute Gasteiger partial charge is 0.448 e. The van der Waals surface area contributed by atoms with E-state index in [4.69, 9.17) is 67.5 Å². The third-order valence-corrected chi connectivity index (χ3v) is 7.07. The third kappa shape index (κ3) is 2.53. The molecule has 0 saturated heterocycles. The van der Waals surface area contributed by atoms with E-state index in [2.05, 4.69) is 31.9 Å². The van der Waals surface area contributed by atoms with Crippen LogP contribution in [0.25, 0.3) is 0 Å². The van der Waals surface area contributed by atoms with Gasteiger partial charge in [0.1, 0.15) is 10.0 Å². The average molecular weight is 514 g/mol. The molecule has 0 radical (unpaired) electrons. The number of halogens is 7. The maximum absolute atomic E-state index is 6.19. The number of hydrogen-bond donors (Lipinski definition) is 0. The maximum Gasteiger partial charge on any atom is 0.191 e. The van der Waals surface area contributed by atoms with Crippen LogP contribution in [0.15, 0.2) is 15.0 Å². The summed E-state index contributed by atoms with van der Waals surface area (Å²) in [6, 6.07) is 1.51. The molecule has 0 fully saturated rings. The number of benzene rings is 2. The highest BCUT2D eigenvalue weighted by molar-refractivity contribution is 9.13. The van der Waals surface area contributed by atoms with E-state index in [-0.39, 0.29) is 36.6 Å². The molecule has 2 nitrogen and oxygen atoms in total. The molecule has 0 amide bonds. The summed E-state index contributed by atoms with van der Waals surface area (Å²) in [5.74, 6) is 1.15. The van der Waals surface area contributed by atoms with Gasteiger partial charge in [0.2, 0.25) is 0 Å². The van der Waals surface area contributed by atoms with Crippen LogP contribution >= 0.6 is 89.9 Å². The van der Waals surface area contributed by atoms with Crippen molar-refractivity contribution in [3.8, 4) is 23.0 Å². The molecule has 2 aromatic rings. The van der Waals surface area contributed by atoms with Crippen molar-refractivity contribution in [3.63, 3.8) is 0 Å². The fourth-order valence-electron chi connectivity index (χ4n) is 1.71. The Hall–Kier alpha value is 0.450. The van der Waals surface area contributed by atoms with Crippen LogP contribution in [0.2, 0.25) is 25.1 Å². The van der Waals surface area contributed by atoms with Crippen LogP contribution in [0, 0.1) is 0 Å². The van der Waals surface area contributed by atoms with Crippen molar-refractivity contribution in [1.29, 1.82) is 0 Å².